The largest absolute Gasteiger partial charge is 0.135 e. The maximum absolute atomic E-state index is 2.42. The molecule has 1 heterocycles. The third-order valence-electron chi connectivity index (χ3n) is 8.82. The molecular formula is C42H26S. The molecule has 0 aliphatic heterocycles. The van der Waals surface area contributed by atoms with Crippen molar-refractivity contribution >= 4 is 63.8 Å². The number of hydrogen-bond donors (Lipinski definition) is 0. The molecule has 43 heavy (non-hydrogen) atoms. The predicted octanol–water partition coefficient (Wildman–Crippen LogP) is 12.5. The number of rotatable bonds is 3. The van der Waals surface area contributed by atoms with Crippen LogP contribution in [0.3, 0.4) is 0 Å². The number of benzene rings is 8. The summed E-state index contributed by atoms with van der Waals surface area (Å²) in [7, 11) is 0. The van der Waals surface area contributed by atoms with Crippen LogP contribution in [0.2, 0.25) is 0 Å². The second kappa shape index (κ2) is 9.66. The van der Waals surface area contributed by atoms with Gasteiger partial charge in [0.1, 0.15) is 0 Å². The Morgan fingerprint density at radius 3 is 1.47 bits per heavy atom. The van der Waals surface area contributed by atoms with E-state index in [1.165, 1.54) is 85.9 Å². The van der Waals surface area contributed by atoms with Crippen molar-refractivity contribution in [1.82, 2.24) is 0 Å². The van der Waals surface area contributed by atoms with Gasteiger partial charge in [-0.25, -0.2) is 0 Å². The van der Waals surface area contributed by atoms with Gasteiger partial charge in [0.05, 0.1) is 0 Å². The topological polar surface area (TPSA) is 0 Å². The fraction of sp³-hybridized carbons (Fsp3) is 0. The van der Waals surface area contributed by atoms with Crippen LogP contribution >= 0.6 is 11.3 Å². The summed E-state index contributed by atoms with van der Waals surface area (Å²) in [5.41, 5.74) is 7.66. The Labute approximate surface area is 254 Å². The minimum absolute atomic E-state index is 1.24. The van der Waals surface area contributed by atoms with E-state index in [1.807, 2.05) is 11.3 Å². The summed E-state index contributed by atoms with van der Waals surface area (Å²) in [5.74, 6) is 0. The Hall–Kier alpha value is -5.24. The molecule has 0 saturated heterocycles. The van der Waals surface area contributed by atoms with E-state index >= 15 is 0 Å². The van der Waals surface area contributed by atoms with E-state index in [4.69, 9.17) is 0 Å². The Morgan fingerprint density at radius 1 is 0.302 bits per heavy atom. The summed E-state index contributed by atoms with van der Waals surface area (Å²) in [6, 6.07) is 57.9. The molecule has 0 atom stereocenters. The highest BCUT2D eigenvalue weighted by atomic mass is 32.1. The standard InChI is InChI=1S/C42H26S/c1-2-13-27(14-3-1)39-33-20-6-8-22-35(33)40(36-23-9-7-21-34(36)39)29-16-12-17-30(25-29)41-31-18-5-4-15-28(31)26-37-32-19-10-11-24-38(32)43-42(37)41/h1-26H. The van der Waals surface area contributed by atoms with Crippen LogP contribution in [-0.2, 0) is 0 Å². The summed E-state index contributed by atoms with van der Waals surface area (Å²) >= 11 is 1.90. The molecule has 1 aromatic heterocycles. The second-order valence-corrected chi connectivity index (χ2v) is 12.3. The van der Waals surface area contributed by atoms with Gasteiger partial charge in [0, 0.05) is 25.7 Å². The normalized spacial score (nSPS) is 11.7. The zero-order chi connectivity index (χ0) is 28.3. The van der Waals surface area contributed by atoms with Crippen molar-refractivity contribution in [1.29, 1.82) is 0 Å². The lowest BCUT2D eigenvalue weighted by atomic mass is 9.85. The van der Waals surface area contributed by atoms with Crippen LogP contribution in [0.4, 0.5) is 0 Å². The molecular weight excluding hydrogens is 537 g/mol. The molecule has 0 N–H and O–H groups in total. The van der Waals surface area contributed by atoms with Gasteiger partial charge in [-0.1, -0.05) is 140 Å². The summed E-state index contributed by atoms with van der Waals surface area (Å²) in [6.45, 7) is 0. The van der Waals surface area contributed by atoms with Crippen molar-refractivity contribution < 1.29 is 0 Å². The summed E-state index contributed by atoms with van der Waals surface area (Å²) in [5, 5.41) is 10.4. The average molecular weight is 563 g/mol. The minimum atomic E-state index is 1.24. The molecule has 0 radical (unpaired) electrons. The van der Waals surface area contributed by atoms with Crippen molar-refractivity contribution in [2.75, 3.05) is 0 Å². The molecule has 9 rings (SSSR count). The second-order valence-electron chi connectivity index (χ2n) is 11.2. The van der Waals surface area contributed by atoms with Gasteiger partial charge in [-0.05, 0) is 78.3 Å². The third kappa shape index (κ3) is 3.75. The Morgan fingerprint density at radius 2 is 0.791 bits per heavy atom. The molecule has 8 aromatic carbocycles. The first-order valence-corrected chi connectivity index (χ1v) is 15.6. The average Bonchev–Trinajstić information content (AvgIpc) is 3.44. The van der Waals surface area contributed by atoms with Gasteiger partial charge < -0.3 is 0 Å². The maximum Gasteiger partial charge on any atom is 0.0440 e. The Kier molecular flexibility index (Phi) is 5.47. The van der Waals surface area contributed by atoms with Gasteiger partial charge in [0.2, 0.25) is 0 Å². The quantitative estimate of drug-likeness (QED) is 0.188. The smallest absolute Gasteiger partial charge is 0.0440 e. The molecule has 0 aliphatic carbocycles. The highest BCUT2D eigenvalue weighted by Crippen LogP contribution is 2.47. The molecule has 0 aliphatic rings. The molecule has 9 aromatic rings. The third-order valence-corrected chi connectivity index (χ3v) is 10.0. The summed E-state index contributed by atoms with van der Waals surface area (Å²) in [6.07, 6.45) is 0. The van der Waals surface area contributed by atoms with E-state index in [9.17, 15) is 0 Å². The van der Waals surface area contributed by atoms with Crippen LogP contribution in [0, 0.1) is 0 Å². The number of thiophene rings is 1. The van der Waals surface area contributed by atoms with Crippen LogP contribution in [-0.4, -0.2) is 0 Å². The van der Waals surface area contributed by atoms with Gasteiger partial charge in [-0.2, -0.15) is 0 Å². The van der Waals surface area contributed by atoms with Crippen molar-refractivity contribution in [3.63, 3.8) is 0 Å². The van der Waals surface area contributed by atoms with E-state index in [2.05, 4.69) is 158 Å². The van der Waals surface area contributed by atoms with E-state index < -0.39 is 0 Å². The molecule has 0 bridgehead atoms. The van der Waals surface area contributed by atoms with Gasteiger partial charge >= 0.3 is 0 Å². The summed E-state index contributed by atoms with van der Waals surface area (Å²) in [4.78, 5) is 0. The van der Waals surface area contributed by atoms with Crippen LogP contribution in [0.15, 0.2) is 158 Å². The Bertz CT molecular complexity index is 2440. The van der Waals surface area contributed by atoms with E-state index in [0.29, 0.717) is 0 Å². The molecule has 0 amide bonds. The molecule has 1 heteroatoms. The van der Waals surface area contributed by atoms with Crippen LogP contribution in [0.25, 0.3) is 85.9 Å². The monoisotopic (exact) mass is 562 g/mol. The first-order chi connectivity index (χ1) is 21.3. The van der Waals surface area contributed by atoms with Gasteiger partial charge in [0.15, 0.2) is 0 Å². The Balaban J connectivity index is 1.37. The highest BCUT2D eigenvalue weighted by molar-refractivity contribution is 7.26. The van der Waals surface area contributed by atoms with Crippen LogP contribution in [0.1, 0.15) is 0 Å². The highest BCUT2D eigenvalue weighted by Gasteiger charge is 2.18. The number of hydrogen-bond acceptors (Lipinski definition) is 1. The molecule has 0 fully saturated rings. The van der Waals surface area contributed by atoms with E-state index in [0.717, 1.165) is 0 Å². The van der Waals surface area contributed by atoms with Gasteiger partial charge in [-0.3, -0.25) is 0 Å². The van der Waals surface area contributed by atoms with E-state index in [1.54, 1.807) is 0 Å². The maximum atomic E-state index is 2.42. The number of fused-ring (bicyclic) bond motifs is 6. The van der Waals surface area contributed by atoms with E-state index in [-0.39, 0.29) is 0 Å². The molecule has 0 unspecified atom stereocenters. The van der Waals surface area contributed by atoms with Crippen LogP contribution in [0.5, 0.6) is 0 Å². The van der Waals surface area contributed by atoms with Crippen molar-refractivity contribution in [3.05, 3.63) is 158 Å². The first kappa shape index (κ1) is 24.4. The lowest BCUT2D eigenvalue weighted by molar-refractivity contribution is 1.64. The SMILES string of the molecule is c1ccc(-c2c3ccccc3c(-c3cccc(-c4c5ccccc5cc5c4sc4ccccc45)c3)c3ccccc23)cc1. The van der Waals surface area contributed by atoms with Gasteiger partial charge in [0.25, 0.3) is 0 Å². The molecule has 0 spiro atoms. The lowest BCUT2D eigenvalue weighted by Crippen LogP contribution is -1.91. The lowest BCUT2D eigenvalue weighted by Gasteiger charge is -2.18. The van der Waals surface area contributed by atoms with Gasteiger partial charge in [-0.15, -0.1) is 11.3 Å². The minimum Gasteiger partial charge on any atom is -0.135 e. The zero-order valence-electron chi connectivity index (χ0n) is 23.4. The van der Waals surface area contributed by atoms with Crippen molar-refractivity contribution in [2.24, 2.45) is 0 Å². The van der Waals surface area contributed by atoms with Crippen molar-refractivity contribution in [3.8, 4) is 33.4 Å². The first-order valence-electron chi connectivity index (χ1n) is 14.8. The molecule has 200 valence electrons. The zero-order valence-corrected chi connectivity index (χ0v) is 24.2. The fourth-order valence-corrected chi connectivity index (χ4v) is 8.26. The van der Waals surface area contributed by atoms with Crippen molar-refractivity contribution in [2.45, 2.75) is 0 Å². The van der Waals surface area contributed by atoms with Crippen LogP contribution < -0.4 is 0 Å². The molecule has 0 saturated carbocycles. The summed E-state index contributed by atoms with van der Waals surface area (Å²) < 4.78 is 2.69. The predicted molar refractivity (Wildman–Crippen MR) is 188 cm³/mol. The molecule has 0 nitrogen and oxygen atoms in total. The fourth-order valence-electron chi connectivity index (χ4n) is 6.99.